The SMILES string of the molecule is COC1C=CC=CN1c1cn[nH]c1C(C)C. The van der Waals surface area contributed by atoms with Gasteiger partial charge in [0.2, 0.25) is 0 Å². The monoisotopic (exact) mass is 219 g/mol. The summed E-state index contributed by atoms with van der Waals surface area (Å²) in [5, 5.41) is 7.15. The van der Waals surface area contributed by atoms with Gasteiger partial charge in [0.25, 0.3) is 0 Å². The summed E-state index contributed by atoms with van der Waals surface area (Å²) in [5.74, 6) is 0.411. The first kappa shape index (κ1) is 11.0. The fraction of sp³-hybridized carbons (Fsp3) is 0.417. The molecule has 1 unspecified atom stereocenters. The molecule has 1 N–H and O–H groups in total. The molecule has 1 aliphatic rings. The maximum Gasteiger partial charge on any atom is 0.153 e. The van der Waals surface area contributed by atoms with Gasteiger partial charge in [-0.2, -0.15) is 5.10 Å². The Balaban J connectivity index is 2.32. The summed E-state index contributed by atoms with van der Waals surface area (Å²) in [7, 11) is 1.70. The first-order chi connectivity index (χ1) is 7.74. The van der Waals surface area contributed by atoms with Gasteiger partial charge in [-0.15, -0.1) is 0 Å². The molecule has 4 nitrogen and oxygen atoms in total. The molecule has 0 aliphatic carbocycles. The van der Waals surface area contributed by atoms with Crippen molar-refractivity contribution in [1.29, 1.82) is 0 Å². The Morgan fingerprint density at radius 1 is 1.44 bits per heavy atom. The number of nitrogens with one attached hydrogen (secondary N) is 1. The number of hydrogen-bond acceptors (Lipinski definition) is 3. The van der Waals surface area contributed by atoms with Crippen LogP contribution in [0.25, 0.3) is 0 Å². The molecular formula is C12H17N3O. The van der Waals surface area contributed by atoms with Crippen molar-refractivity contribution in [2.75, 3.05) is 12.0 Å². The van der Waals surface area contributed by atoms with Crippen molar-refractivity contribution in [3.8, 4) is 0 Å². The molecule has 2 rings (SSSR count). The number of methoxy groups -OCH3 is 1. The molecule has 0 aromatic carbocycles. The Morgan fingerprint density at radius 2 is 2.25 bits per heavy atom. The molecule has 4 heteroatoms. The minimum Gasteiger partial charge on any atom is -0.358 e. The minimum atomic E-state index is -0.0555. The largest absolute Gasteiger partial charge is 0.358 e. The van der Waals surface area contributed by atoms with Gasteiger partial charge in [-0.25, -0.2) is 0 Å². The highest BCUT2D eigenvalue weighted by Crippen LogP contribution is 2.28. The van der Waals surface area contributed by atoms with Crippen molar-refractivity contribution in [2.24, 2.45) is 0 Å². The van der Waals surface area contributed by atoms with E-state index in [-0.39, 0.29) is 6.23 Å². The summed E-state index contributed by atoms with van der Waals surface area (Å²) in [6.07, 6.45) is 9.78. The van der Waals surface area contributed by atoms with Crippen LogP contribution in [0.1, 0.15) is 25.5 Å². The van der Waals surface area contributed by atoms with E-state index < -0.39 is 0 Å². The maximum atomic E-state index is 5.41. The predicted molar refractivity (Wildman–Crippen MR) is 64.2 cm³/mol. The molecule has 1 aromatic heterocycles. The Morgan fingerprint density at radius 3 is 2.94 bits per heavy atom. The zero-order valence-electron chi connectivity index (χ0n) is 9.84. The van der Waals surface area contributed by atoms with Crippen LogP contribution in [0.15, 0.2) is 30.6 Å². The van der Waals surface area contributed by atoms with Crippen LogP contribution in [0.3, 0.4) is 0 Å². The minimum absolute atomic E-state index is 0.0555. The number of nitrogens with zero attached hydrogens (tertiary/aromatic N) is 2. The van der Waals surface area contributed by atoms with Crippen molar-refractivity contribution < 1.29 is 4.74 Å². The quantitative estimate of drug-likeness (QED) is 0.848. The zero-order valence-corrected chi connectivity index (χ0v) is 9.84. The summed E-state index contributed by atoms with van der Waals surface area (Å²) in [5.41, 5.74) is 2.20. The van der Waals surface area contributed by atoms with E-state index in [2.05, 4.69) is 28.9 Å². The first-order valence-electron chi connectivity index (χ1n) is 5.43. The number of hydrogen-bond donors (Lipinski definition) is 1. The molecular weight excluding hydrogens is 202 g/mol. The summed E-state index contributed by atoms with van der Waals surface area (Å²) in [6, 6.07) is 0. The van der Waals surface area contributed by atoms with Gasteiger partial charge in [-0.3, -0.25) is 5.10 Å². The number of anilines is 1. The van der Waals surface area contributed by atoms with Crippen LogP contribution >= 0.6 is 0 Å². The number of H-pyrrole nitrogens is 1. The second-order valence-corrected chi connectivity index (χ2v) is 4.08. The molecule has 0 bridgehead atoms. The molecule has 0 spiro atoms. The molecule has 0 saturated carbocycles. The zero-order chi connectivity index (χ0) is 11.5. The highest BCUT2D eigenvalue weighted by molar-refractivity contribution is 5.55. The highest BCUT2D eigenvalue weighted by Gasteiger charge is 2.20. The van der Waals surface area contributed by atoms with E-state index in [9.17, 15) is 0 Å². The normalized spacial score (nSPS) is 19.8. The molecule has 1 aromatic rings. The molecule has 16 heavy (non-hydrogen) atoms. The first-order valence-corrected chi connectivity index (χ1v) is 5.43. The lowest BCUT2D eigenvalue weighted by molar-refractivity contribution is 0.144. The van der Waals surface area contributed by atoms with Crippen molar-refractivity contribution in [3.05, 3.63) is 36.3 Å². The van der Waals surface area contributed by atoms with Crippen molar-refractivity contribution in [1.82, 2.24) is 10.2 Å². The van der Waals surface area contributed by atoms with Crippen LogP contribution < -0.4 is 4.90 Å². The molecule has 86 valence electrons. The van der Waals surface area contributed by atoms with Crippen LogP contribution in [-0.4, -0.2) is 23.5 Å². The van der Waals surface area contributed by atoms with Crippen LogP contribution in [-0.2, 0) is 4.74 Å². The Labute approximate surface area is 95.6 Å². The number of ether oxygens (including phenoxy) is 1. The summed E-state index contributed by atoms with van der Waals surface area (Å²) < 4.78 is 5.41. The standard InChI is InChI=1S/C12H17N3O/c1-9(2)12-10(8-13-14-12)15-7-5-4-6-11(15)16-3/h4-9,11H,1-3H3,(H,13,14). The average Bonchev–Trinajstić information content (AvgIpc) is 2.77. The molecule has 1 aliphatic heterocycles. The van der Waals surface area contributed by atoms with Crippen LogP contribution in [0.2, 0.25) is 0 Å². The Kier molecular flexibility index (Phi) is 3.10. The van der Waals surface area contributed by atoms with Gasteiger partial charge >= 0.3 is 0 Å². The number of aromatic amines is 1. The fourth-order valence-corrected chi connectivity index (χ4v) is 1.81. The molecule has 1 atom stereocenters. The molecule has 0 amide bonds. The number of allylic oxidation sites excluding steroid dienone is 2. The highest BCUT2D eigenvalue weighted by atomic mass is 16.5. The lowest BCUT2D eigenvalue weighted by Crippen LogP contribution is -2.32. The maximum absolute atomic E-state index is 5.41. The second kappa shape index (κ2) is 4.53. The summed E-state index contributed by atoms with van der Waals surface area (Å²) >= 11 is 0. The van der Waals surface area contributed by atoms with E-state index in [0.29, 0.717) is 5.92 Å². The van der Waals surface area contributed by atoms with Gasteiger partial charge in [0, 0.05) is 13.3 Å². The third kappa shape index (κ3) is 1.88. The van der Waals surface area contributed by atoms with Crippen molar-refractivity contribution in [3.63, 3.8) is 0 Å². The molecule has 0 saturated heterocycles. The van der Waals surface area contributed by atoms with Crippen LogP contribution in [0.4, 0.5) is 5.69 Å². The topological polar surface area (TPSA) is 41.1 Å². The van der Waals surface area contributed by atoms with Gasteiger partial charge in [0.05, 0.1) is 17.6 Å². The molecule has 0 radical (unpaired) electrons. The summed E-state index contributed by atoms with van der Waals surface area (Å²) in [6.45, 7) is 4.28. The number of aromatic nitrogens is 2. The van der Waals surface area contributed by atoms with E-state index in [0.717, 1.165) is 11.4 Å². The predicted octanol–water partition coefficient (Wildman–Crippen LogP) is 2.40. The van der Waals surface area contributed by atoms with E-state index in [1.54, 1.807) is 7.11 Å². The lowest BCUT2D eigenvalue weighted by Gasteiger charge is -2.29. The van der Waals surface area contributed by atoms with E-state index in [1.807, 2.05) is 30.6 Å². The van der Waals surface area contributed by atoms with Crippen molar-refractivity contribution in [2.45, 2.75) is 26.0 Å². The van der Waals surface area contributed by atoms with Gasteiger partial charge in [0.1, 0.15) is 0 Å². The van der Waals surface area contributed by atoms with E-state index >= 15 is 0 Å². The Bertz CT molecular complexity index is 406. The van der Waals surface area contributed by atoms with E-state index in [4.69, 9.17) is 4.74 Å². The third-order valence-electron chi connectivity index (χ3n) is 2.65. The third-order valence-corrected chi connectivity index (χ3v) is 2.65. The van der Waals surface area contributed by atoms with Crippen LogP contribution in [0.5, 0.6) is 0 Å². The van der Waals surface area contributed by atoms with E-state index in [1.165, 1.54) is 0 Å². The molecule has 2 heterocycles. The van der Waals surface area contributed by atoms with Crippen LogP contribution in [0, 0.1) is 0 Å². The smallest absolute Gasteiger partial charge is 0.153 e. The fourth-order valence-electron chi connectivity index (χ4n) is 1.81. The van der Waals surface area contributed by atoms with Crippen molar-refractivity contribution >= 4 is 5.69 Å². The van der Waals surface area contributed by atoms with Gasteiger partial charge in [-0.1, -0.05) is 19.9 Å². The van der Waals surface area contributed by atoms with Gasteiger partial charge in [-0.05, 0) is 18.1 Å². The van der Waals surface area contributed by atoms with Gasteiger partial charge in [0.15, 0.2) is 6.23 Å². The lowest BCUT2D eigenvalue weighted by atomic mass is 10.1. The number of rotatable bonds is 3. The Hall–Kier alpha value is -1.55. The van der Waals surface area contributed by atoms with Gasteiger partial charge < -0.3 is 9.64 Å². The average molecular weight is 219 g/mol. The summed E-state index contributed by atoms with van der Waals surface area (Å²) in [4.78, 5) is 2.07. The second-order valence-electron chi connectivity index (χ2n) is 4.08. The molecule has 0 fully saturated rings.